The Kier molecular flexibility index (Phi) is 5.37. The maximum Gasteiger partial charge on any atom is 0.271 e. The van der Waals surface area contributed by atoms with E-state index < -0.39 is 0 Å². The Morgan fingerprint density at radius 3 is 2.66 bits per heavy atom. The van der Waals surface area contributed by atoms with Gasteiger partial charge in [0.25, 0.3) is 5.56 Å². The first-order valence-electron chi connectivity index (χ1n) is 12.7. The summed E-state index contributed by atoms with van der Waals surface area (Å²) in [4.78, 5) is 19.8. The maximum atomic E-state index is 14.0. The van der Waals surface area contributed by atoms with E-state index in [1.807, 2.05) is 30.4 Å². The predicted molar refractivity (Wildman–Crippen MR) is 151 cm³/mol. The molecule has 3 aromatic carbocycles. The van der Waals surface area contributed by atoms with Crippen LogP contribution < -0.4 is 14.9 Å². The van der Waals surface area contributed by atoms with Crippen molar-refractivity contribution in [3.05, 3.63) is 145 Å². The molecule has 1 aliphatic heterocycles. The number of fused-ring (bicyclic) bond motifs is 4. The highest BCUT2D eigenvalue weighted by atomic mass is 32.1. The number of hydrogen-bond acceptors (Lipinski definition) is 3. The summed E-state index contributed by atoms with van der Waals surface area (Å²) in [6, 6.07) is 22.7. The van der Waals surface area contributed by atoms with Crippen molar-refractivity contribution in [2.24, 2.45) is 4.99 Å². The summed E-state index contributed by atoms with van der Waals surface area (Å²) in [5, 5.41) is 1.09. The van der Waals surface area contributed by atoms with Gasteiger partial charge in [-0.2, -0.15) is 0 Å². The Labute approximate surface area is 222 Å². The topological polar surface area (TPSA) is 39.3 Å². The minimum atomic E-state index is -0.320. The molecule has 0 bridgehead atoms. The normalized spacial score (nSPS) is 16.7. The van der Waals surface area contributed by atoms with Crippen LogP contribution in [0.4, 0.5) is 4.39 Å². The molecule has 5 aromatic rings. The van der Waals surface area contributed by atoms with Gasteiger partial charge in [0.15, 0.2) is 4.80 Å². The van der Waals surface area contributed by atoms with E-state index >= 15 is 0 Å². The lowest BCUT2D eigenvalue weighted by Gasteiger charge is -2.30. The average Bonchev–Trinajstić information content (AvgIpc) is 3.45. The molecule has 0 saturated carbocycles. The number of aromatic nitrogens is 2. The number of thiazole rings is 1. The lowest BCUT2D eigenvalue weighted by molar-refractivity contribution is 0.581. The first kappa shape index (κ1) is 22.9. The van der Waals surface area contributed by atoms with Crippen LogP contribution in [0, 0.1) is 5.82 Å². The maximum absolute atomic E-state index is 14.0. The molecule has 7 rings (SSSR count). The van der Waals surface area contributed by atoms with Crippen LogP contribution in [-0.2, 0) is 13.0 Å². The molecule has 2 aliphatic rings. The van der Waals surface area contributed by atoms with E-state index in [0.29, 0.717) is 15.9 Å². The highest BCUT2D eigenvalue weighted by Crippen LogP contribution is 2.41. The number of halogens is 1. The number of benzene rings is 3. The molecule has 0 fully saturated rings. The minimum Gasteiger partial charge on any atom is -0.343 e. The molecular weight excluding hydrogens is 493 g/mol. The first-order valence-corrected chi connectivity index (χ1v) is 13.5. The van der Waals surface area contributed by atoms with Crippen molar-refractivity contribution in [1.29, 1.82) is 0 Å². The Balaban J connectivity index is 1.48. The van der Waals surface area contributed by atoms with Gasteiger partial charge in [0.1, 0.15) is 5.82 Å². The summed E-state index contributed by atoms with van der Waals surface area (Å²) in [5.41, 5.74) is 7.33. The van der Waals surface area contributed by atoms with E-state index in [1.54, 1.807) is 16.7 Å². The zero-order valence-electron chi connectivity index (χ0n) is 20.6. The number of nitrogens with zero attached hydrogens (tertiary/aromatic N) is 3. The number of allylic oxidation sites excluding steroid dienone is 2. The highest BCUT2D eigenvalue weighted by Gasteiger charge is 2.32. The molecule has 1 unspecified atom stereocenters. The van der Waals surface area contributed by atoms with Gasteiger partial charge in [-0.05, 0) is 53.8 Å². The SMILES string of the molecule is C=CCn1cc(C=c2sc3n(c2=O)C(c2ccc(F)cc2)C2=C(N=3)c3ccccc3CC2)c2ccccc21. The second kappa shape index (κ2) is 8.92. The van der Waals surface area contributed by atoms with Crippen LogP contribution >= 0.6 is 11.3 Å². The zero-order chi connectivity index (χ0) is 25.8. The summed E-state index contributed by atoms with van der Waals surface area (Å²) in [5.74, 6) is -0.291. The fraction of sp³-hybridized carbons (Fsp3) is 0.125. The van der Waals surface area contributed by atoms with Crippen LogP contribution in [-0.4, -0.2) is 9.13 Å². The average molecular weight is 518 g/mol. The van der Waals surface area contributed by atoms with Crippen LogP contribution in [0.2, 0.25) is 0 Å². The Bertz CT molecular complexity index is 1960. The zero-order valence-corrected chi connectivity index (χ0v) is 21.4. The van der Waals surface area contributed by atoms with Crippen LogP contribution in [0.3, 0.4) is 0 Å². The third-order valence-electron chi connectivity index (χ3n) is 7.49. The van der Waals surface area contributed by atoms with E-state index in [2.05, 4.69) is 47.7 Å². The van der Waals surface area contributed by atoms with Gasteiger partial charge in [-0.25, -0.2) is 9.38 Å². The van der Waals surface area contributed by atoms with Gasteiger partial charge in [0.2, 0.25) is 0 Å². The summed E-state index contributed by atoms with van der Waals surface area (Å²) in [7, 11) is 0. The minimum absolute atomic E-state index is 0.0750. The second-order valence-corrected chi connectivity index (χ2v) is 10.7. The van der Waals surface area contributed by atoms with Crippen LogP contribution in [0.25, 0.3) is 22.7 Å². The smallest absolute Gasteiger partial charge is 0.271 e. The van der Waals surface area contributed by atoms with Crippen LogP contribution in [0.1, 0.15) is 34.7 Å². The molecule has 0 spiro atoms. The molecule has 0 saturated heterocycles. The molecule has 186 valence electrons. The second-order valence-electron chi connectivity index (χ2n) is 9.71. The van der Waals surface area contributed by atoms with E-state index in [4.69, 9.17) is 4.99 Å². The Hall–Kier alpha value is -4.29. The number of para-hydroxylation sites is 1. The van der Waals surface area contributed by atoms with Crippen molar-refractivity contribution in [3.63, 3.8) is 0 Å². The summed E-state index contributed by atoms with van der Waals surface area (Å²) in [6.45, 7) is 4.57. The number of hydrogen-bond donors (Lipinski definition) is 0. The molecule has 1 aliphatic carbocycles. The van der Waals surface area contributed by atoms with Gasteiger partial charge < -0.3 is 4.57 Å². The molecule has 0 amide bonds. The van der Waals surface area contributed by atoms with Crippen molar-refractivity contribution in [3.8, 4) is 0 Å². The fourth-order valence-electron chi connectivity index (χ4n) is 5.79. The molecule has 1 atom stereocenters. The monoisotopic (exact) mass is 517 g/mol. The van der Waals surface area contributed by atoms with Crippen molar-refractivity contribution in [2.75, 3.05) is 0 Å². The number of rotatable bonds is 4. The van der Waals surface area contributed by atoms with Gasteiger partial charge >= 0.3 is 0 Å². The molecule has 6 heteroatoms. The van der Waals surface area contributed by atoms with E-state index in [9.17, 15) is 9.18 Å². The van der Waals surface area contributed by atoms with Gasteiger partial charge in [-0.1, -0.05) is 72.0 Å². The lowest BCUT2D eigenvalue weighted by Crippen LogP contribution is -2.38. The summed E-state index contributed by atoms with van der Waals surface area (Å²) >= 11 is 1.41. The van der Waals surface area contributed by atoms with Gasteiger partial charge in [0, 0.05) is 34.8 Å². The Morgan fingerprint density at radius 2 is 1.82 bits per heavy atom. The largest absolute Gasteiger partial charge is 0.343 e. The standard InChI is InChI=1S/C32H24FN3OS/c1-2-17-35-19-22(24-8-5-6-10-27(24)35)18-28-31(37)36-30(21-11-14-23(33)15-12-21)26-16-13-20-7-3-4-9-25(20)29(26)34-32(36)38-28/h2-12,14-15,18-19,30H,1,13,16-17H2. The third kappa shape index (κ3) is 3.56. The van der Waals surface area contributed by atoms with Crippen molar-refractivity contribution >= 4 is 34.0 Å². The fourth-order valence-corrected chi connectivity index (χ4v) is 6.78. The van der Waals surface area contributed by atoms with Crippen molar-refractivity contribution < 1.29 is 4.39 Å². The third-order valence-corrected chi connectivity index (χ3v) is 8.47. The van der Waals surface area contributed by atoms with E-state index in [1.165, 1.54) is 29.0 Å². The van der Waals surface area contributed by atoms with Crippen molar-refractivity contribution in [1.82, 2.24) is 9.13 Å². The Morgan fingerprint density at radius 1 is 1.03 bits per heavy atom. The molecule has 3 heterocycles. The molecule has 0 radical (unpaired) electrons. The lowest BCUT2D eigenvalue weighted by atomic mass is 9.83. The van der Waals surface area contributed by atoms with Crippen LogP contribution in [0.5, 0.6) is 0 Å². The molecular formula is C32H24FN3OS. The van der Waals surface area contributed by atoms with Gasteiger partial charge in [-0.15, -0.1) is 6.58 Å². The number of aryl methyl sites for hydroxylation is 1. The van der Waals surface area contributed by atoms with E-state index in [0.717, 1.165) is 51.7 Å². The van der Waals surface area contributed by atoms with Gasteiger partial charge in [-0.3, -0.25) is 9.36 Å². The predicted octanol–water partition coefficient (Wildman–Crippen LogP) is 5.60. The highest BCUT2D eigenvalue weighted by molar-refractivity contribution is 7.07. The van der Waals surface area contributed by atoms with Crippen LogP contribution in [0.15, 0.2) is 107 Å². The van der Waals surface area contributed by atoms with E-state index in [-0.39, 0.29) is 17.4 Å². The molecule has 4 nitrogen and oxygen atoms in total. The summed E-state index contributed by atoms with van der Waals surface area (Å²) < 4.78 is 18.5. The molecule has 2 aromatic heterocycles. The quantitative estimate of drug-likeness (QED) is 0.286. The first-order chi connectivity index (χ1) is 18.6. The molecule has 38 heavy (non-hydrogen) atoms. The van der Waals surface area contributed by atoms with Crippen molar-refractivity contribution in [2.45, 2.75) is 25.4 Å². The molecule has 0 N–H and O–H groups in total. The van der Waals surface area contributed by atoms with Gasteiger partial charge in [0.05, 0.1) is 16.3 Å². The summed E-state index contributed by atoms with van der Waals surface area (Å²) in [6.07, 6.45) is 7.61.